The second-order valence-electron chi connectivity index (χ2n) is 6.05. The summed E-state index contributed by atoms with van der Waals surface area (Å²) in [6.45, 7) is -0.0773. The lowest BCUT2D eigenvalue weighted by Gasteiger charge is -2.08. The van der Waals surface area contributed by atoms with Crippen molar-refractivity contribution in [3.63, 3.8) is 0 Å². The van der Waals surface area contributed by atoms with E-state index in [9.17, 15) is 17.2 Å². The average molecular weight is 427 g/mol. The summed E-state index contributed by atoms with van der Waals surface area (Å²) in [6, 6.07) is 11.1. The summed E-state index contributed by atoms with van der Waals surface area (Å²) in [4.78, 5) is 4.58. The first-order chi connectivity index (χ1) is 13.3. The number of halogens is 2. The Morgan fingerprint density at radius 2 is 1.93 bits per heavy atom. The summed E-state index contributed by atoms with van der Waals surface area (Å²) >= 11 is 1.48. The Labute approximate surface area is 165 Å². The van der Waals surface area contributed by atoms with E-state index in [1.807, 2.05) is 11.5 Å². The molecule has 0 saturated heterocycles. The van der Waals surface area contributed by atoms with Crippen LogP contribution in [0.1, 0.15) is 18.9 Å². The highest BCUT2D eigenvalue weighted by molar-refractivity contribution is 7.98. The number of aryl methyl sites for hydroxylation is 1. The van der Waals surface area contributed by atoms with Gasteiger partial charge in [-0.05, 0) is 42.3 Å². The Balaban J connectivity index is 1.84. The maximum absolute atomic E-state index is 12.2. The maximum Gasteiger partial charge on any atom is 0.387 e. The molecule has 0 bridgehead atoms. The standard InChI is InChI=1S/C18H19F2N3O3S2/c1-2-9-23-16-8-7-14(28(21,24)25)10-15(16)22-18(23)27-11-12-3-5-13(6-4-12)26-17(19)20/h3-8,10,17H,2,9,11H2,1H3,(H2,21,24,25). The monoisotopic (exact) mass is 427 g/mol. The summed E-state index contributed by atoms with van der Waals surface area (Å²) in [5.41, 5.74) is 2.31. The van der Waals surface area contributed by atoms with Crippen LogP contribution in [0.4, 0.5) is 8.78 Å². The number of nitrogens with two attached hydrogens (primary N) is 1. The fourth-order valence-corrected chi connectivity index (χ4v) is 4.26. The summed E-state index contributed by atoms with van der Waals surface area (Å²) in [6.07, 6.45) is 0.885. The third-order valence-corrected chi connectivity index (χ3v) is 5.94. The Hall–Kier alpha value is -2.17. The molecule has 150 valence electrons. The number of aromatic nitrogens is 2. The van der Waals surface area contributed by atoms with Gasteiger partial charge in [0, 0.05) is 12.3 Å². The van der Waals surface area contributed by atoms with Crippen molar-refractivity contribution in [3.05, 3.63) is 48.0 Å². The van der Waals surface area contributed by atoms with Gasteiger partial charge in [-0.25, -0.2) is 18.5 Å². The number of fused-ring (bicyclic) bond motifs is 1. The molecule has 0 fully saturated rings. The lowest BCUT2D eigenvalue weighted by Crippen LogP contribution is -2.11. The van der Waals surface area contributed by atoms with Crippen molar-refractivity contribution < 1.29 is 21.9 Å². The van der Waals surface area contributed by atoms with Crippen molar-refractivity contribution in [3.8, 4) is 5.75 Å². The average Bonchev–Trinajstić information content (AvgIpc) is 2.97. The Kier molecular flexibility index (Phi) is 6.21. The Bertz CT molecular complexity index is 1070. The topological polar surface area (TPSA) is 87.2 Å². The van der Waals surface area contributed by atoms with E-state index in [-0.39, 0.29) is 10.6 Å². The van der Waals surface area contributed by atoms with E-state index in [2.05, 4.69) is 9.72 Å². The van der Waals surface area contributed by atoms with Crippen LogP contribution in [0.2, 0.25) is 0 Å². The molecule has 1 aromatic heterocycles. The predicted octanol–water partition coefficient (Wildman–Crippen LogP) is 3.99. The van der Waals surface area contributed by atoms with Gasteiger partial charge < -0.3 is 9.30 Å². The summed E-state index contributed by atoms with van der Waals surface area (Å²) < 4.78 is 54.0. The fraction of sp³-hybridized carbons (Fsp3) is 0.278. The first-order valence-corrected chi connectivity index (χ1v) is 11.0. The number of alkyl halides is 2. The number of hydrogen-bond donors (Lipinski definition) is 1. The molecule has 28 heavy (non-hydrogen) atoms. The van der Waals surface area contributed by atoms with E-state index in [1.54, 1.807) is 18.2 Å². The van der Waals surface area contributed by atoms with Gasteiger partial charge in [0.15, 0.2) is 5.16 Å². The zero-order chi connectivity index (χ0) is 20.3. The summed E-state index contributed by atoms with van der Waals surface area (Å²) in [5.74, 6) is 0.682. The highest BCUT2D eigenvalue weighted by Gasteiger charge is 2.15. The second-order valence-corrected chi connectivity index (χ2v) is 8.56. The summed E-state index contributed by atoms with van der Waals surface area (Å²) in [5, 5.41) is 5.95. The van der Waals surface area contributed by atoms with Crippen LogP contribution >= 0.6 is 11.8 Å². The number of primary sulfonamides is 1. The van der Waals surface area contributed by atoms with E-state index < -0.39 is 16.6 Å². The molecule has 0 spiro atoms. The highest BCUT2D eigenvalue weighted by atomic mass is 32.2. The number of ether oxygens (including phenoxy) is 1. The molecule has 6 nitrogen and oxygen atoms in total. The zero-order valence-electron chi connectivity index (χ0n) is 15.0. The molecule has 0 aliphatic heterocycles. The minimum Gasteiger partial charge on any atom is -0.435 e. The van der Waals surface area contributed by atoms with Gasteiger partial charge in [-0.15, -0.1) is 0 Å². The van der Waals surface area contributed by atoms with Crippen LogP contribution in [0, 0.1) is 0 Å². The van der Waals surface area contributed by atoms with Gasteiger partial charge in [-0.2, -0.15) is 8.78 Å². The van der Waals surface area contributed by atoms with Gasteiger partial charge in [0.05, 0.1) is 15.9 Å². The van der Waals surface area contributed by atoms with E-state index in [4.69, 9.17) is 5.14 Å². The van der Waals surface area contributed by atoms with Crippen LogP contribution in [0.3, 0.4) is 0 Å². The van der Waals surface area contributed by atoms with Gasteiger partial charge in [0.2, 0.25) is 10.0 Å². The van der Waals surface area contributed by atoms with Gasteiger partial charge in [0.25, 0.3) is 0 Å². The molecular weight excluding hydrogens is 408 g/mol. The molecule has 0 radical (unpaired) electrons. The minimum atomic E-state index is -3.80. The molecule has 0 unspecified atom stereocenters. The molecule has 0 amide bonds. The van der Waals surface area contributed by atoms with Crippen molar-refractivity contribution in [1.29, 1.82) is 0 Å². The molecule has 3 aromatic rings. The van der Waals surface area contributed by atoms with Crippen LogP contribution < -0.4 is 9.88 Å². The van der Waals surface area contributed by atoms with E-state index >= 15 is 0 Å². The largest absolute Gasteiger partial charge is 0.435 e. The normalized spacial score (nSPS) is 12.0. The van der Waals surface area contributed by atoms with Crippen molar-refractivity contribution >= 4 is 32.8 Å². The Morgan fingerprint density at radius 1 is 1.21 bits per heavy atom. The van der Waals surface area contributed by atoms with Crippen molar-refractivity contribution in [1.82, 2.24) is 9.55 Å². The molecule has 0 aliphatic carbocycles. The number of thioether (sulfide) groups is 1. The first-order valence-electron chi connectivity index (χ1n) is 8.47. The lowest BCUT2D eigenvalue weighted by atomic mass is 10.2. The number of hydrogen-bond acceptors (Lipinski definition) is 5. The van der Waals surface area contributed by atoms with Gasteiger partial charge in [0.1, 0.15) is 5.75 Å². The molecule has 0 saturated carbocycles. The number of rotatable bonds is 8. The molecule has 2 aromatic carbocycles. The minimum absolute atomic E-state index is 0.0207. The van der Waals surface area contributed by atoms with Crippen LogP contribution in [0.25, 0.3) is 11.0 Å². The third kappa shape index (κ3) is 4.81. The molecule has 1 heterocycles. The van der Waals surface area contributed by atoms with Crippen LogP contribution in [-0.2, 0) is 22.3 Å². The molecule has 0 atom stereocenters. The molecule has 10 heteroatoms. The number of sulfonamides is 1. The van der Waals surface area contributed by atoms with Gasteiger partial charge in [-0.3, -0.25) is 0 Å². The maximum atomic E-state index is 12.2. The smallest absolute Gasteiger partial charge is 0.387 e. The SMILES string of the molecule is CCCn1c(SCc2ccc(OC(F)F)cc2)nc2cc(S(N)(=O)=O)ccc21. The van der Waals surface area contributed by atoms with E-state index in [0.717, 1.165) is 29.2 Å². The fourth-order valence-electron chi connectivity index (χ4n) is 2.73. The van der Waals surface area contributed by atoms with Gasteiger partial charge in [-0.1, -0.05) is 30.8 Å². The van der Waals surface area contributed by atoms with Crippen LogP contribution in [0.15, 0.2) is 52.5 Å². The predicted molar refractivity (Wildman–Crippen MR) is 104 cm³/mol. The molecular formula is C18H19F2N3O3S2. The van der Waals surface area contributed by atoms with Crippen LogP contribution in [-0.4, -0.2) is 24.6 Å². The quantitative estimate of drug-likeness (QED) is 0.549. The summed E-state index contributed by atoms with van der Waals surface area (Å²) in [7, 11) is -3.80. The number of benzene rings is 2. The van der Waals surface area contributed by atoms with Crippen LogP contribution in [0.5, 0.6) is 5.75 Å². The Morgan fingerprint density at radius 3 is 2.54 bits per heavy atom. The number of imidazole rings is 1. The van der Waals surface area contributed by atoms with Crippen molar-refractivity contribution in [2.45, 2.75) is 42.3 Å². The van der Waals surface area contributed by atoms with Crippen molar-refractivity contribution in [2.75, 3.05) is 0 Å². The molecule has 0 aliphatic rings. The second kappa shape index (κ2) is 8.46. The molecule has 2 N–H and O–H groups in total. The van der Waals surface area contributed by atoms with E-state index in [1.165, 1.54) is 36.0 Å². The lowest BCUT2D eigenvalue weighted by molar-refractivity contribution is -0.0498. The van der Waals surface area contributed by atoms with Crippen molar-refractivity contribution in [2.24, 2.45) is 5.14 Å². The zero-order valence-corrected chi connectivity index (χ0v) is 16.6. The first kappa shape index (κ1) is 20.6. The highest BCUT2D eigenvalue weighted by Crippen LogP contribution is 2.29. The molecule has 3 rings (SSSR count). The third-order valence-electron chi connectivity index (χ3n) is 3.98. The van der Waals surface area contributed by atoms with E-state index in [0.29, 0.717) is 11.3 Å². The van der Waals surface area contributed by atoms with Gasteiger partial charge >= 0.3 is 6.61 Å². The number of nitrogens with zero attached hydrogens (tertiary/aromatic N) is 2.